The zero-order valence-electron chi connectivity index (χ0n) is 13.9. The van der Waals surface area contributed by atoms with E-state index < -0.39 is 5.97 Å². The molecule has 1 unspecified atom stereocenters. The van der Waals surface area contributed by atoms with Gasteiger partial charge in [-0.1, -0.05) is 0 Å². The monoisotopic (exact) mass is 319 g/mol. The number of hydrogen-bond acceptors (Lipinski definition) is 5. The van der Waals surface area contributed by atoms with Gasteiger partial charge in [-0.25, -0.2) is 9.78 Å². The third kappa shape index (κ3) is 3.64. The van der Waals surface area contributed by atoms with E-state index in [1.165, 1.54) is 0 Å². The van der Waals surface area contributed by atoms with Crippen molar-refractivity contribution in [1.82, 2.24) is 9.88 Å². The molecule has 1 fully saturated rings. The van der Waals surface area contributed by atoms with Crippen LogP contribution in [-0.2, 0) is 17.6 Å². The summed E-state index contributed by atoms with van der Waals surface area (Å²) < 4.78 is 5.47. The van der Waals surface area contributed by atoms with Crippen molar-refractivity contribution in [1.29, 1.82) is 0 Å². The molecule has 0 aliphatic carbocycles. The average Bonchev–Trinajstić information content (AvgIpc) is 2.94. The fourth-order valence-electron chi connectivity index (χ4n) is 3.44. The summed E-state index contributed by atoms with van der Waals surface area (Å²) in [6, 6.07) is 1.82. The van der Waals surface area contributed by atoms with Crippen molar-refractivity contribution >= 4 is 11.8 Å². The lowest BCUT2D eigenvalue weighted by atomic mass is 10.1. The Morgan fingerprint density at radius 3 is 2.87 bits per heavy atom. The second kappa shape index (κ2) is 6.84. The number of carbonyl (C=O) groups is 1. The number of fused-ring (bicyclic) bond motifs is 1. The number of aromatic nitrogens is 1. The molecule has 0 bridgehead atoms. The van der Waals surface area contributed by atoms with Crippen molar-refractivity contribution in [2.75, 3.05) is 51.8 Å². The number of pyridine rings is 1. The van der Waals surface area contributed by atoms with Gasteiger partial charge in [0.1, 0.15) is 11.4 Å². The maximum Gasteiger partial charge on any atom is 0.339 e. The maximum absolute atomic E-state index is 11.5. The van der Waals surface area contributed by atoms with E-state index in [0.29, 0.717) is 17.3 Å². The van der Waals surface area contributed by atoms with Crippen LogP contribution in [0, 0.1) is 5.92 Å². The minimum absolute atomic E-state index is 0.298. The van der Waals surface area contributed by atoms with Gasteiger partial charge >= 0.3 is 5.97 Å². The Balaban J connectivity index is 1.77. The molecule has 1 saturated heterocycles. The molecule has 0 saturated carbocycles. The first kappa shape index (κ1) is 16.2. The summed E-state index contributed by atoms with van der Waals surface area (Å²) >= 11 is 0. The van der Waals surface area contributed by atoms with E-state index in [1.54, 1.807) is 4.90 Å². The van der Waals surface area contributed by atoms with E-state index in [0.717, 1.165) is 63.4 Å². The molecule has 23 heavy (non-hydrogen) atoms. The molecule has 6 heteroatoms. The predicted molar refractivity (Wildman–Crippen MR) is 88.3 cm³/mol. The van der Waals surface area contributed by atoms with Crippen molar-refractivity contribution in [2.24, 2.45) is 5.92 Å². The zero-order chi connectivity index (χ0) is 16.4. The van der Waals surface area contributed by atoms with Gasteiger partial charge in [0, 0.05) is 52.5 Å². The molecule has 6 nitrogen and oxygen atoms in total. The van der Waals surface area contributed by atoms with E-state index in [4.69, 9.17) is 4.74 Å². The van der Waals surface area contributed by atoms with Crippen LogP contribution in [0.4, 0.5) is 5.82 Å². The second-order valence-electron chi connectivity index (χ2n) is 6.70. The summed E-state index contributed by atoms with van der Waals surface area (Å²) in [5.74, 6) is 0.276. The van der Waals surface area contributed by atoms with Crippen LogP contribution in [0.25, 0.3) is 0 Å². The summed E-state index contributed by atoms with van der Waals surface area (Å²) in [5, 5.41) is 9.44. The summed E-state index contributed by atoms with van der Waals surface area (Å²) in [5.41, 5.74) is 2.42. The number of carboxylic acids is 1. The largest absolute Gasteiger partial charge is 0.478 e. The lowest BCUT2D eigenvalue weighted by molar-refractivity contribution is 0.0697. The Labute approximate surface area is 137 Å². The SMILES string of the molecule is CN(C)c1nc2c(cc1C(=O)O)CCN(CC1CCOC1)CC2. The van der Waals surface area contributed by atoms with Crippen LogP contribution in [0.1, 0.15) is 28.0 Å². The van der Waals surface area contributed by atoms with Gasteiger partial charge in [-0.2, -0.15) is 0 Å². The quantitative estimate of drug-likeness (QED) is 0.902. The fourth-order valence-corrected chi connectivity index (χ4v) is 3.44. The Morgan fingerprint density at radius 1 is 1.43 bits per heavy atom. The third-order valence-electron chi connectivity index (χ3n) is 4.73. The van der Waals surface area contributed by atoms with Crippen LogP contribution in [0.3, 0.4) is 0 Å². The van der Waals surface area contributed by atoms with E-state index in [-0.39, 0.29) is 0 Å². The smallest absolute Gasteiger partial charge is 0.339 e. The van der Waals surface area contributed by atoms with Crippen LogP contribution in [0.5, 0.6) is 0 Å². The lowest BCUT2D eigenvalue weighted by Gasteiger charge is -2.22. The standard InChI is InChI=1S/C17H25N3O3/c1-19(2)16-14(17(21)22)9-13-3-6-20(7-4-15(13)18-16)10-12-5-8-23-11-12/h9,12H,3-8,10-11H2,1-2H3,(H,21,22). The minimum atomic E-state index is -0.909. The van der Waals surface area contributed by atoms with Crippen LogP contribution >= 0.6 is 0 Å². The van der Waals surface area contributed by atoms with Crippen LogP contribution in [-0.4, -0.2) is 67.9 Å². The van der Waals surface area contributed by atoms with E-state index in [1.807, 2.05) is 20.2 Å². The van der Waals surface area contributed by atoms with Crippen molar-refractivity contribution in [3.8, 4) is 0 Å². The molecule has 1 aromatic rings. The van der Waals surface area contributed by atoms with Crippen LogP contribution < -0.4 is 4.90 Å². The fraction of sp³-hybridized carbons (Fsp3) is 0.647. The predicted octanol–water partition coefficient (Wildman–Crippen LogP) is 1.28. The Kier molecular flexibility index (Phi) is 4.82. The summed E-state index contributed by atoms with van der Waals surface area (Å²) in [6.07, 6.45) is 2.89. The normalized spacial score (nSPS) is 21.7. The highest BCUT2D eigenvalue weighted by Crippen LogP contribution is 2.24. The molecule has 126 valence electrons. The molecule has 3 rings (SSSR count). The summed E-state index contributed by atoms with van der Waals surface area (Å²) in [7, 11) is 3.68. The molecule has 0 radical (unpaired) electrons. The first-order valence-electron chi connectivity index (χ1n) is 8.28. The topological polar surface area (TPSA) is 65.9 Å². The van der Waals surface area contributed by atoms with E-state index in [9.17, 15) is 9.90 Å². The number of nitrogens with zero attached hydrogens (tertiary/aromatic N) is 3. The summed E-state index contributed by atoms with van der Waals surface area (Å²) in [6.45, 7) is 4.77. The highest BCUT2D eigenvalue weighted by molar-refractivity contribution is 5.93. The van der Waals surface area contributed by atoms with Crippen molar-refractivity contribution in [3.63, 3.8) is 0 Å². The highest BCUT2D eigenvalue weighted by atomic mass is 16.5. The molecule has 0 spiro atoms. The first-order chi connectivity index (χ1) is 11.0. The Hall–Kier alpha value is -1.66. The van der Waals surface area contributed by atoms with Gasteiger partial charge in [0.2, 0.25) is 0 Å². The molecule has 2 aliphatic rings. The molecule has 0 aromatic carbocycles. The summed E-state index contributed by atoms with van der Waals surface area (Å²) in [4.78, 5) is 20.4. The molecule has 3 heterocycles. The number of anilines is 1. The van der Waals surface area contributed by atoms with E-state index >= 15 is 0 Å². The van der Waals surface area contributed by atoms with Crippen molar-refractivity contribution in [2.45, 2.75) is 19.3 Å². The molecule has 1 atom stereocenters. The molecular formula is C17H25N3O3. The third-order valence-corrected chi connectivity index (χ3v) is 4.73. The Bertz CT molecular complexity index is 583. The number of hydrogen-bond donors (Lipinski definition) is 1. The first-order valence-corrected chi connectivity index (χ1v) is 8.28. The molecule has 1 aromatic heterocycles. The van der Waals surface area contributed by atoms with Gasteiger partial charge in [0.15, 0.2) is 0 Å². The van der Waals surface area contributed by atoms with Gasteiger partial charge in [-0.15, -0.1) is 0 Å². The molecule has 0 amide bonds. The zero-order valence-corrected chi connectivity index (χ0v) is 13.9. The van der Waals surface area contributed by atoms with Gasteiger partial charge in [-0.05, 0) is 30.4 Å². The van der Waals surface area contributed by atoms with Crippen molar-refractivity contribution < 1.29 is 14.6 Å². The molecule has 1 N–H and O–H groups in total. The number of carboxylic acid groups (broad SMARTS) is 1. The average molecular weight is 319 g/mol. The minimum Gasteiger partial charge on any atom is -0.478 e. The van der Waals surface area contributed by atoms with Gasteiger partial charge in [0.05, 0.1) is 6.61 Å². The van der Waals surface area contributed by atoms with Gasteiger partial charge in [0.25, 0.3) is 0 Å². The Morgan fingerprint density at radius 2 is 2.22 bits per heavy atom. The van der Waals surface area contributed by atoms with Crippen molar-refractivity contribution in [3.05, 3.63) is 22.9 Å². The van der Waals surface area contributed by atoms with E-state index in [2.05, 4.69) is 9.88 Å². The van der Waals surface area contributed by atoms with Gasteiger partial charge in [-0.3, -0.25) is 0 Å². The van der Waals surface area contributed by atoms with Gasteiger partial charge < -0.3 is 19.6 Å². The molecule has 2 aliphatic heterocycles. The van der Waals surface area contributed by atoms with Crippen LogP contribution in [0.15, 0.2) is 6.07 Å². The number of ether oxygens (including phenoxy) is 1. The second-order valence-corrected chi connectivity index (χ2v) is 6.70. The highest BCUT2D eigenvalue weighted by Gasteiger charge is 2.24. The van der Waals surface area contributed by atoms with Crippen LogP contribution in [0.2, 0.25) is 0 Å². The lowest BCUT2D eigenvalue weighted by Crippen LogP contribution is -2.32. The number of rotatable bonds is 4. The number of aromatic carboxylic acids is 1. The maximum atomic E-state index is 11.5. The molecular weight excluding hydrogens is 294 g/mol.